The summed E-state index contributed by atoms with van der Waals surface area (Å²) in [7, 11) is -2.28. The smallest absolute Gasteiger partial charge is 0.279 e. The molecule has 0 unspecified atom stereocenters. The van der Waals surface area contributed by atoms with E-state index in [1.807, 2.05) is 42.5 Å². The van der Waals surface area contributed by atoms with Crippen molar-refractivity contribution in [2.45, 2.75) is 13.1 Å². The summed E-state index contributed by atoms with van der Waals surface area (Å²) < 4.78 is 11.1. The van der Waals surface area contributed by atoms with E-state index in [4.69, 9.17) is 19.4 Å². The molecule has 4 heterocycles. The van der Waals surface area contributed by atoms with E-state index in [0.717, 1.165) is 73.2 Å². The van der Waals surface area contributed by atoms with Crippen LogP contribution in [0, 0.1) is 0 Å². The third-order valence-electron chi connectivity index (χ3n) is 9.76. The first kappa shape index (κ1) is 29.4. The number of aromatic nitrogens is 5. The van der Waals surface area contributed by atoms with Crippen molar-refractivity contribution in [1.29, 1.82) is 0 Å². The minimum Gasteiger partial charge on any atom is -0.538 e. The summed E-state index contributed by atoms with van der Waals surface area (Å²) in [4.78, 5) is 18.0. The summed E-state index contributed by atoms with van der Waals surface area (Å²) in [5.74, 6) is 2.21. The molecule has 0 saturated carbocycles. The van der Waals surface area contributed by atoms with E-state index in [1.54, 1.807) is 0 Å². The maximum absolute atomic E-state index is 6.82. The lowest BCUT2D eigenvalue weighted by molar-refractivity contribution is 0.568. The molecule has 1 aliphatic heterocycles. The summed E-state index contributed by atoms with van der Waals surface area (Å²) in [5.41, 5.74) is 10.8. The Kier molecular flexibility index (Phi) is 6.49. The van der Waals surface area contributed by atoms with Crippen LogP contribution in [-0.2, 0) is 0 Å². The van der Waals surface area contributed by atoms with Gasteiger partial charge in [-0.3, -0.25) is 4.40 Å². The van der Waals surface area contributed by atoms with Crippen LogP contribution in [0.2, 0.25) is 13.1 Å². The molecule has 0 spiro atoms. The Morgan fingerprint density at radius 3 is 1.86 bits per heavy atom. The van der Waals surface area contributed by atoms with E-state index in [9.17, 15) is 0 Å². The summed E-state index contributed by atoms with van der Waals surface area (Å²) in [6.45, 7) is 4.53. The van der Waals surface area contributed by atoms with Crippen LogP contribution in [0.1, 0.15) is 0 Å². The van der Waals surface area contributed by atoms with Gasteiger partial charge in [0.15, 0.2) is 0 Å². The van der Waals surface area contributed by atoms with Crippen molar-refractivity contribution in [1.82, 2.24) is 23.9 Å². The Bertz CT molecular complexity index is 2710. The lowest BCUT2D eigenvalue weighted by Crippen LogP contribution is -2.48. The number of benzene rings is 6. The Morgan fingerprint density at radius 2 is 1.14 bits per heavy atom. The first-order valence-corrected chi connectivity index (χ1v) is 20.0. The van der Waals surface area contributed by atoms with Gasteiger partial charge in [0.2, 0.25) is 11.7 Å². The van der Waals surface area contributed by atoms with E-state index in [-0.39, 0.29) is 0 Å². The van der Waals surface area contributed by atoms with Crippen molar-refractivity contribution in [2.75, 3.05) is 4.90 Å². The molecule has 244 valence electrons. The lowest BCUT2D eigenvalue weighted by atomic mass is 10.1. The maximum atomic E-state index is 6.82. The van der Waals surface area contributed by atoms with Crippen molar-refractivity contribution in [3.63, 3.8) is 0 Å². The van der Waals surface area contributed by atoms with E-state index in [0.29, 0.717) is 5.95 Å². The van der Waals surface area contributed by atoms with Gasteiger partial charge >= 0.3 is 0 Å². The minimum absolute atomic E-state index is 0.566. The van der Waals surface area contributed by atoms with Crippen LogP contribution in [0.5, 0.6) is 5.75 Å². The Labute approximate surface area is 295 Å². The van der Waals surface area contributed by atoms with Crippen LogP contribution >= 0.6 is 0 Å². The number of anilines is 3. The van der Waals surface area contributed by atoms with Gasteiger partial charge in [0, 0.05) is 27.7 Å². The van der Waals surface area contributed by atoms with Crippen LogP contribution in [0.4, 0.5) is 17.1 Å². The molecule has 8 heteroatoms. The molecule has 0 aliphatic carbocycles. The molecule has 0 N–H and O–H groups in total. The van der Waals surface area contributed by atoms with E-state index in [2.05, 4.69) is 142 Å². The quantitative estimate of drug-likeness (QED) is 0.174. The molecule has 0 radical (unpaired) electrons. The third-order valence-corrected chi connectivity index (χ3v) is 12.2. The summed E-state index contributed by atoms with van der Waals surface area (Å²) in [5, 5.41) is 1.25. The highest BCUT2D eigenvalue weighted by Crippen LogP contribution is 2.44. The molecule has 0 fully saturated rings. The highest BCUT2D eigenvalue weighted by atomic mass is 28.4. The molecule has 3 aromatic heterocycles. The first-order chi connectivity index (χ1) is 25.0. The molecule has 7 nitrogen and oxygen atoms in total. The molecule has 0 amide bonds. The third kappa shape index (κ3) is 4.68. The number of hydrogen-bond donors (Lipinski definition) is 0. The largest absolute Gasteiger partial charge is 0.538 e. The summed E-state index contributed by atoms with van der Waals surface area (Å²) >= 11 is 0. The number of hydrogen-bond acceptors (Lipinski definition) is 5. The van der Waals surface area contributed by atoms with Gasteiger partial charge < -0.3 is 9.33 Å². The second-order valence-corrected chi connectivity index (χ2v) is 17.1. The van der Waals surface area contributed by atoms with Crippen molar-refractivity contribution in [3.8, 4) is 34.2 Å². The van der Waals surface area contributed by atoms with Crippen molar-refractivity contribution in [3.05, 3.63) is 158 Å². The predicted octanol–water partition coefficient (Wildman–Crippen LogP) is 9.83. The van der Waals surface area contributed by atoms with Gasteiger partial charge in [-0.1, -0.05) is 103 Å². The number of fused-ring (bicyclic) bond motifs is 7. The molecule has 0 saturated heterocycles. The molecule has 51 heavy (non-hydrogen) atoms. The van der Waals surface area contributed by atoms with E-state index in [1.165, 1.54) is 5.19 Å². The number of nitrogens with zero attached hydrogens (tertiary/aromatic N) is 6. The predicted molar refractivity (Wildman–Crippen MR) is 208 cm³/mol. The zero-order valence-corrected chi connectivity index (χ0v) is 29.1. The van der Waals surface area contributed by atoms with Crippen molar-refractivity contribution >= 4 is 58.4 Å². The standard InChI is InChI=1S/C43H32N6OSi/c1-51(2)41-24-14-12-22-38(41)47(37-21-11-13-23-40(37)50-51)31-25-26-32-39(27-31)48-35-19-9-10-20-36(35)49(43(48)46-32)42-44-33(29-15-5-3-6-16-29)28-34(45-42)30-17-7-4-8-18-30/h3-28H,1-2H3. The Hall–Kier alpha value is -6.51. The van der Waals surface area contributed by atoms with Gasteiger partial charge in [-0.25, -0.2) is 19.5 Å². The zero-order chi connectivity index (χ0) is 34.1. The normalized spacial score (nSPS) is 13.6. The van der Waals surface area contributed by atoms with E-state index >= 15 is 0 Å². The fourth-order valence-electron chi connectivity index (χ4n) is 7.42. The molecule has 0 atom stereocenters. The lowest BCUT2D eigenvalue weighted by Gasteiger charge is -2.26. The first-order valence-electron chi connectivity index (χ1n) is 17.1. The fraction of sp³-hybridized carbons (Fsp3) is 0.0465. The molecule has 6 aromatic carbocycles. The number of para-hydroxylation sites is 5. The number of imidazole rings is 2. The van der Waals surface area contributed by atoms with Crippen molar-refractivity contribution < 1.29 is 4.43 Å². The highest BCUT2D eigenvalue weighted by Gasteiger charge is 2.37. The van der Waals surface area contributed by atoms with Crippen LogP contribution in [-0.4, -0.2) is 32.2 Å². The van der Waals surface area contributed by atoms with Gasteiger partial charge in [0.1, 0.15) is 5.75 Å². The second kappa shape index (κ2) is 11.3. The maximum Gasteiger partial charge on any atom is 0.279 e. The van der Waals surface area contributed by atoms with Gasteiger partial charge in [-0.05, 0) is 67.7 Å². The second-order valence-electron chi connectivity index (χ2n) is 13.3. The molecular formula is C43H32N6OSi. The van der Waals surface area contributed by atoms with Crippen molar-refractivity contribution in [2.24, 2.45) is 0 Å². The van der Waals surface area contributed by atoms with Gasteiger partial charge in [-0.2, -0.15) is 0 Å². The monoisotopic (exact) mass is 676 g/mol. The van der Waals surface area contributed by atoms with Gasteiger partial charge in [0.25, 0.3) is 8.32 Å². The Morgan fingerprint density at radius 1 is 0.529 bits per heavy atom. The molecule has 9 aromatic rings. The molecule has 0 bridgehead atoms. The van der Waals surface area contributed by atoms with Gasteiger partial charge in [0.05, 0.1) is 39.1 Å². The summed E-state index contributed by atoms with van der Waals surface area (Å²) in [6, 6.07) is 54.5. The number of rotatable bonds is 4. The van der Waals surface area contributed by atoms with Crippen LogP contribution < -0.4 is 14.5 Å². The molecular weight excluding hydrogens is 645 g/mol. The molecule has 1 aliphatic rings. The zero-order valence-electron chi connectivity index (χ0n) is 28.1. The van der Waals surface area contributed by atoms with Crippen LogP contribution in [0.25, 0.3) is 56.3 Å². The average molecular weight is 677 g/mol. The summed E-state index contributed by atoms with van der Waals surface area (Å²) in [6.07, 6.45) is 0. The Balaban J connectivity index is 1.23. The van der Waals surface area contributed by atoms with Gasteiger partial charge in [-0.15, -0.1) is 0 Å². The molecule has 10 rings (SSSR count). The SMILES string of the molecule is C[Si]1(C)Oc2ccccc2N(c2ccc3nc4n(-c5nc(-c6ccccc6)cc(-c6ccccc6)n5)c5ccccc5n4c3c2)c2ccccc21. The van der Waals surface area contributed by atoms with E-state index < -0.39 is 8.32 Å². The minimum atomic E-state index is -2.28. The highest BCUT2D eigenvalue weighted by molar-refractivity contribution is 6.86. The van der Waals surface area contributed by atoms with Crippen LogP contribution in [0.3, 0.4) is 0 Å². The fourth-order valence-corrected chi connectivity index (χ4v) is 9.56. The van der Waals surface area contributed by atoms with Crippen LogP contribution in [0.15, 0.2) is 158 Å². The topological polar surface area (TPSA) is 60.5 Å². The average Bonchev–Trinajstić information content (AvgIpc) is 3.67.